The maximum atomic E-state index is 13.6. The molecule has 0 radical (unpaired) electrons. The summed E-state index contributed by atoms with van der Waals surface area (Å²) in [5, 5.41) is 7.10. The standard InChI is InChI=1S/C20H16FN5O4/c1-2-30-19(28)13-5-3-4-6-16(13)23-17(27)10-26-20(29)25-11-22-15-8-7-12(21)9-14(15)18(25)24-26/h3-9,11H,2,10H2,1H3,(H,23,27). The zero-order valence-corrected chi connectivity index (χ0v) is 15.8. The highest BCUT2D eigenvalue weighted by molar-refractivity contribution is 6.01. The summed E-state index contributed by atoms with van der Waals surface area (Å²) >= 11 is 0. The lowest BCUT2D eigenvalue weighted by molar-refractivity contribution is -0.117. The Bertz CT molecular complexity index is 1340. The molecule has 2 heterocycles. The lowest BCUT2D eigenvalue weighted by Gasteiger charge is -2.10. The quantitative estimate of drug-likeness (QED) is 0.505. The Balaban J connectivity index is 1.64. The van der Waals surface area contributed by atoms with Gasteiger partial charge in [-0.1, -0.05) is 12.1 Å². The van der Waals surface area contributed by atoms with Gasteiger partial charge in [-0.05, 0) is 37.3 Å². The van der Waals surface area contributed by atoms with Crippen LogP contribution in [0, 0.1) is 5.82 Å². The van der Waals surface area contributed by atoms with Crippen LogP contribution in [0.5, 0.6) is 0 Å². The molecule has 4 aromatic rings. The molecule has 4 rings (SSSR count). The highest BCUT2D eigenvalue weighted by atomic mass is 19.1. The van der Waals surface area contributed by atoms with Gasteiger partial charge in [0.2, 0.25) is 5.91 Å². The number of fused-ring (bicyclic) bond motifs is 3. The third kappa shape index (κ3) is 3.50. The van der Waals surface area contributed by atoms with E-state index in [1.165, 1.54) is 30.6 Å². The number of carbonyl (C=O) groups excluding carboxylic acids is 2. The van der Waals surface area contributed by atoms with Gasteiger partial charge in [-0.15, -0.1) is 5.10 Å². The van der Waals surface area contributed by atoms with Gasteiger partial charge in [0.25, 0.3) is 0 Å². The molecular formula is C20H16FN5O4. The molecule has 30 heavy (non-hydrogen) atoms. The zero-order valence-electron chi connectivity index (χ0n) is 15.8. The van der Waals surface area contributed by atoms with Crippen molar-refractivity contribution in [1.82, 2.24) is 19.2 Å². The number of rotatable bonds is 5. The van der Waals surface area contributed by atoms with Gasteiger partial charge in [0, 0.05) is 5.39 Å². The Morgan fingerprint density at radius 3 is 2.80 bits per heavy atom. The average Bonchev–Trinajstić information content (AvgIpc) is 3.04. The smallest absolute Gasteiger partial charge is 0.352 e. The Morgan fingerprint density at radius 2 is 2.00 bits per heavy atom. The van der Waals surface area contributed by atoms with Crippen LogP contribution in [-0.4, -0.2) is 37.6 Å². The second-order valence-electron chi connectivity index (χ2n) is 6.35. The molecule has 0 bridgehead atoms. The largest absolute Gasteiger partial charge is 0.462 e. The summed E-state index contributed by atoms with van der Waals surface area (Å²) in [6, 6.07) is 10.3. The predicted molar refractivity (Wildman–Crippen MR) is 106 cm³/mol. The van der Waals surface area contributed by atoms with E-state index in [-0.39, 0.29) is 23.5 Å². The van der Waals surface area contributed by atoms with Crippen LogP contribution in [0.1, 0.15) is 17.3 Å². The second-order valence-corrected chi connectivity index (χ2v) is 6.35. The van der Waals surface area contributed by atoms with E-state index in [4.69, 9.17) is 4.74 Å². The molecule has 10 heteroatoms. The monoisotopic (exact) mass is 409 g/mol. The Morgan fingerprint density at radius 1 is 1.20 bits per heavy atom. The van der Waals surface area contributed by atoms with E-state index in [0.717, 1.165) is 9.08 Å². The Labute approximate surface area is 168 Å². The summed E-state index contributed by atoms with van der Waals surface area (Å²) in [5.41, 5.74) is 0.503. The van der Waals surface area contributed by atoms with Gasteiger partial charge in [-0.3, -0.25) is 4.79 Å². The summed E-state index contributed by atoms with van der Waals surface area (Å²) < 4.78 is 20.7. The predicted octanol–water partition coefficient (Wildman–Crippen LogP) is 2.00. The van der Waals surface area contributed by atoms with Crippen molar-refractivity contribution in [2.45, 2.75) is 13.5 Å². The third-order valence-corrected chi connectivity index (χ3v) is 4.37. The molecule has 0 atom stereocenters. The molecule has 0 fully saturated rings. The van der Waals surface area contributed by atoms with Gasteiger partial charge >= 0.3 is 11.7 Å². The van der Waals surface area contributed by atoms with Gasteiger partial charge in [0.05, 0.1) is 23.4 Å². The number of hydrogen-bond acceptors (Lipinski definition) is 6. The first-order valence-corrected chi connectivity index (χ1v) is 9.07. The molecule has 0 unspecified atom stereocenters. The summed E-state index contributed by atoms with van der Waals surface area (Å²) in [7, 11) is 0. The topological polar surface area (TPSA) is 108 Å². The van der Waals surface area contributed by atoms with Crippen molar-refractivity contribution in [3.8, 4) is 0 Å². The first kappa shape index (κ1) is 19.2. The molecule has 1 N–H and O–H groups in total. The molecule has 0 saturated heterocycles. The minimum Gasteiger partial charge on any atom is -0.462 e. The first-order chi connectivity index (χ1) is 14.5. The SMILES string of the molecule is CCOC(=O)c1ccccc1NC(=O)Cn1nc2c3cc(F)ccc3ncn2c1=O. The zero-order chi connectivity index (χ0) is 21.3. The van der Waals surface area contributed by atoms with Crippen LogP contribution in [0.4, 0.5) is 10.1 Å². The molecule has 0 aliphatic rings. The number of benzene rings is 2. The lowest BCUT2D eigenvalue weighted by Crippen LogP contribution is -2.28. The molecule has 2 aromatic carbocycles. The van der Waals surface area contributed by atoms with E-state index >= 15 is 0 Å². The van der Waals surface area contributed by atoms with Crippen molar-refractivity contribution in [3.05, 3.63) is 70.7 Å². The molecular weight excluding hydrogens is 393 g/mol. The molecule has 152 valence electrons. The molecule has 2 aromatic heterocycles. The van der Waals surface area contributed by atoms with Crippen LogP contribution in [-0.2, 0) is 16.1 Å². The number of amides is 1. The number of halogens is 1. The maximum absolute atomic E-state index is 13.6. The Kier molecular flexibility index (Phi) is 4.97. The second kappa shape index (κ2) is 7.74. The van der Waals surface area contributed by atoms with Crippen LogP contribution in [0.25, 0.3) is 16.6 Å². The number of para-hydroxylation sites is 1. The molecule has 0 aliphatic heterocycles. The van der Waals surface area contributed by atoms with Gasteiger partial charge < -0.3 is 10.1 Å². The number of anilines is 1. The van der Waals surface area contributed by atoms with E-state index in [9.17, 15) is 18.8 Å². The van der Waals surface area contributed by atoms with E-state index in [1.54, 1.807) is 25.1 Å². The normalized spacial score (nSPS) is 11.0. The van der Waals surface area contributed by atoms with Crippen LogP contribution in [0.2, 0.25) is 0 Å². The number of ether oxygens (including phenoxy) is 1. The number of nitrogens with one attached hydrogen (secondary N) is 1. The number of aromatic nitrogens is 4. The van der Waals surface area contributed by atoms with Crippen LogP contribution in [0.15, 0.2) is 53.6 Å². The number of esters is 1. The van der Waals surface area contributed by atoms with Crippen molar-refractivity contribution < 1.29 is 18.7 Å². The average molecular weight is 409 g/mol. The summed E-state index contributed by atoms with van der Waals surface area (Å²) in [6.45, 7) is 1.47. The van der Waals surface area contributed by atoms with Gasteiger partial charge in [-0.25, -0.2) is 28.0 Å². The molecule has 0 saturated carbocycles. The number of nitrogens with zero attached hydrogens (tertiary/aromatic N) is 4. The fourth-order valence-electron chi connectivity index (χ4n) is 3.04. The van der Waals surface area contributed by atoms with E-state index in [0.29, 0.717) is 10.9 Å². The van der Waals surface area contributed by atoms with E-state index in [2.05, 4.69) is 15.4 Å². The van der Waals surface area contributed by atoms with Crippen molar-refractivity contribution in [2.75, 3.05) is 11.9 Å². The first-order valence-electron chi connectivity index (χ1n) is 9.07. The fourth-order valence-corrected chi connectivity index (χ4v) is 3.04. The highest BCUT2D eigenvalue weighted by Gasteiger charge is 2.17. The minimum absolute atomic E-state index is 0.184. The highest BCUT2D eigenvalue weighted by Crippen LogP contribution is 2.18. The fraction of sp³-hybridized carbons (Fsp3) is 0.150. The van der Waals surface area contributed by atoms with Crippen LogP contribution in [0.3, 0.4) is 0 Å². The summed E-state index contributed by atoms with van der Waals surface area (Å²) in [4.78, 5) is 41.3. The van der Waals surface area contributed by atoms with Gasteiger partial charge in [-0.2, -0.15) is 0 Å². The van der Waals surface area contributed by atoms with E-state index in [1.807, 2.05) is 0 Å². The summed E-state index contributed by atoms with van der Waals surface area (Å²) in [6.07, 6.45) is 1.27. The van der Waals surface area contributed by atoms with Crippen molar-refractivity contribution in [1.29, 1.82) is 0 Å². The van der Waals surface area contributed by atoms with Crippen LogP contribution >= 0.6 is 0 Å². The van der Waals surface area contributed by atoms with Crippen LogP contribution < -0.4 is 11.0 Å². The Hall–Kier alpha value is -4.08. The lowest BCUT2D eigenvalue weighted by atomic mass is 10.2. The molecule has 9 nitrogen and oxygen atoms in total. The molecule has 0 spiro atoms. The van der Waals surface area contributed by atoms with Crippen molar-refractivity contribution >= 4 is 34.1 Å². The van der Waals surface area contributed by atoms with Gasteiger partial charge in [0.15, 0.2) is 5.65 Å². The maximum Gasteiger partial charge on any atom is 0.352 e. The van der Waals surface area contributed by atoms with Gasteiger partial charge in [0.1, 0.15) is 18.7 Å². The minimum atomic E-state index is -0.600. The summed E-state index contributed by atoms with van der Waals surface area (Å²) in [5.74, 6) is -1.63. The van der Waals surface area contributed by atoms with Crippen molar-refractivity contribution in [2.24, 2.45) is 0 Å². The molecule has 1 amide bonds. The third-order valence-electron chi connectivity index (χ3n) is 4.37. The van der Waals surface area contributed by atoms with Crippen molar-refractivity contribution in [3.63, 3.8) is 0 Å². The number of carbonyl (C=O) groups is 2. The number of hydrogen-bond donors (Lipinski definition) is 1. The van der Waals surface area contributed by atoms with E-state index < -0.39 is 29.9 Å². The molecule has 0 aliphatic carbocycles.